The van der Waals surface area contributed by atoms with Gasteiger partial charge in [-0.2, -0.15) is 0 Å². The van der Waals surface area contributed by atoms with Crippen LogP contribution in [0.5, 0.6) is 0 Å². The summed E-state index contributed by atoms with van der Waals surface area (Å²) in [4.78, 5) is 8.07. The Labute approximate surface area is 35.0 Å². The standard InChI is InChI=1S/CH4BrOSi/c1-4(2)3/h3H,1H3. The molecule has 1 N–H and O–H groups in total. The van der Waals surface area contributed by atoms with Crippen molar-refractivity contribution < 1.29 is 4.80 Å². The highest BCUT2D eigenvalue weighted by Crippen LogP contribution is 1.79. The lowest BCUT2D eigenvalue weighted by Gasteiger charge is -1.71. The Morgan fingerprint density at radius 3 is 2.00 bits per heavy atom. The van der Waals surface area contributed by atoms with Crippen molar-refractivity contribution in [3.8, 4) is 0 Å². The summed E-state index contributed by atoms with van der Waals surface area (Å²) in [6.07, 6.45) is 0. The average Bonchev–Trinajstić information content (AvgIpc) is 0.811. The van der Waals surface area contributed by atoms with Crippen molar-refractivity contribution in [3.05, 3.63) is 0 Å². The monoisotopic (exact) mass is 139 g/mol. The van der Waals surface area contributed by atoms with Gasteiger partial charge in [0.05, 0.1) is 0 Å². The molecule has 0 fully saturated rings. The number of rotatable bonds is 0. The summed E-state index contributed by atoms with van der Waals surface area (Å²) >= 11 is 2.93. The lowest BCUT2D eigenvalue weighted by atomic mass is 11.9. The van der Waals surface area contributed by atoms with E-state index in [4.69, 9.17) is 4.80 Å². The summed E-state index contributed by atoms with van der Waals surface area (Å²) in [7, 11) is -1.07. The summed E-state index contributed by atoms with van der Waals surface area (Å²) in [5.41, 5.74) is 0. The Morgan fingerprint density at radius 2 is 2.00 bits per heavy atom. The first kappa shape index (κ1) is 4.66. The molecular formula is CH4BrOSi. The summed E-state index contributed by atoms with van der Waals surface area (Å²) in [6.45, 7) is 1.74. The Kier molecular flexibility index (Phi) is 2.25. The Hall–Kier alpha value is 0.657. The predicted octanol–water partition coefficient (Wildman–Crippen LogP) is 0.492. The van der Waals surface area contributed by atoms with Crippen molar-refractivity contribution in [3.63, 3.8) is 0 Å². The molecule has 0 atom stereocenters. The molecular weight excluding hydrogens is 136 g/mol. The number of halogens is 1. The normalized spacial score (nSPS) is 9.00. The van der Waals surface area contributed by atoms with E-state index in [0.29, 0.717) is 0 Å². The van der Waals surface area contributed by atoms with Crippen LogP contribution >= 0.6 is 15.3 Å². The second-order valence-electron chi connectivity index (χ2n) is 0.497. The molecule has 1 nitrogen and oxygen atoms in total. The average molecular weight is 140 g/mol. The van der Waals surface area contributed by atoms with Crippen molar-refractivity contribution in [2.45, 2.75) is 6.55 Å². The van der Waals surface area contributed by atoms with E-state index in [0.717, 1.165) is 0 Å². The molecule has 0 saturated heterocycles. The fraction of sp³-hybridized carbons (Fsp3) is 1.00. The van der Waals surface area contributed by atoms with Gasteiger partial charge in [0.2, 0.25) is 0 Å². The van der Waals surface area contributed by atoms with Crippen LogP contribution in [0.25, 0.3) is 0 Å². The number of hydrogen-bond donors (Lipinski definition) is 1. The van der Waals surface area contributed by atoms with E-state index in [1.54, 1.807) is 6.55 Å². The summed E-state index contributed by atoms with van der Waals surface area (Å²) in [5.74, 6) is 0. The zero-order valence-electron chi connectivity index (χ0n) is 2.33. The van der Waals surface area contributed by atoms with Crippen molar-refractivity contribution in [1.29, 1.82) is 0 Å². The van der Waals surface area contributed by atoms with Gasteiger partial charge in [-0.3, -0.25) is 0 Å². The highest BCUT2D eigenvalue weighted by Gasteiger charge is 1.81. The van der Waals surface area contributed by atoms with Gasteiger partial charge in [0.15, 0.2) is 0 Å². The molecule has 0 aromatic rings. The molecule has 0 saturated carbocycles. The van der Waals surface area contributed by atoms with Crippen LogP contribution in [-0.2, 0) is 0 Å². The molecule has 0 unspecified atom stereocenters. The quantitative estimate of drug-likeness (QED) is 0.383. The largest absolute Gasteiger partial charge is 0.423 e. The summed E-state index contributed by atoms with van der Waals surface area (Å²) < 4.78 is 0. The van der Waals surface area contributed by atoms with Crippen molar-refractivity contribution in [2.24, 2.45) is 0 Å². The van der Waals surface area contributed by atoms with Gasteiger partial charge in [0, 0.05) is 0 Å². The lowest BCUT2D eigenvalue weighted by Crippen LogP contribution is -1.86. The smallest absolute Gasteiger partial charge is 0.286 e. The van der Waals surface area contributed by atoms with Gasteiger partial charge < -0.3 is 4.80 Å². The molecule has 0 heterocycles. The van der Waals surface area contributed by atoms with Gasteiger partial charge in [-0.25, -0.2) is 0 Å². The van der Waals surface area contributed by atoms with Crippen molar-refractivity contribution >= 4 is 23.0 Å². The SMILES string of the molecule is C[Si](O)Br. The van der Waals surface area contributed by atoms with Crippen LogP contribution < -0.4 is 0 Å². The van der Waals surface area contributed by atoms with Gasteiger partial charge in [-0.15, -0.1) is 0 Å². The highest BCUT2D eigenvalue weighted by molar-refractivity contribution is 9.24. The van der Waals surface area contributed by atoms with Crippen LogP contribution in [0.2, 0.25) is 6.55 Å². The van der Waals surface area contributed by atoms with Crippen molar-refractivity contribution in [2.75, 3.05) is 0 Å². The lowest BCUT2D eigenvalue weighted by molar-refractivity contribution is 0.604. The topological polar surface area (TPSA) is 20.2 Å². The van der Waals surface area contributed by atoms with Crippen LogP contribution in [-0.4, -0.2) is 12.5 Å². The van der Waals surface area contributed by atoms with Gasteiger partial charge in [0.1, 0.15) is 0 Å². The van der Waals surface area contributed by atoms with E-state index in [1.165, 1.54) is 0 Å². The second-order valence-corrected chi connectivity index (χ2v) is 4.93. The van der Waals surface area contributed by atoms with E-state index in [1.807, 2.05) is 0 Å². The van der Waals surface area contributed by atoms with Gasteiger partial charge in [0.25, 0.3) is 7.66 Å². The molecule has 0 aromatic carbocycles. The number of hydrogen-bond acceptors (Lipinski definition) is 1. The molecule has 0 spiro atoms. The molecule has 0 aliphatic rings. The van der Waals surface area contributed by atoms with Gasteiger partial charge in [-0.1, -0.05) is 15.3 Å². The molecule has 0 amide bonds. The third-order valence-electron chi connectivity index (χ3n) is 0. The Morgan fingerprint density at radius 1 is 2.00 bits per heavy atom. The fourth-order valence-corrected chi connectivity index (χ4v) is 0. The second kappa shape index (κ2) is 1.93. The third kappa shape index (κ3) is 16.9. The zero-order chi connectivity index (χ0) is 3.58. The maximum Gasteiger partial charge on any atom is 0.286 e. The maximum absolute atomic E-state index is 8.07. The first-order chi connectivity index (χ1) is 1.73. The van der Waals surface area contributed by atoms with E-state index < -0.39 is 7.66 Å². The van der Waals surface area contributed by atoms with Crippen LogP contribution in [0.3, 0.4) is 0 Å². The summed E-state index contributed by atoms with van der Waals surface area (Å²) in [5, 5.41) is 0. The third-order valence-corrected chi connectivity index (χ3v) is 0. The fourth-order valence-electron chi connectivity index (χ4n) is 0. The molecule has 0 aliphatic heterocycles. The minimum atomic E-state index is -1.07. The minimum Gasteiger partial charge on any atom is -0.423 e. The van der Waals surface area contributed by atoms with E-state index >= 15 is 0 Å². The van der Waals surface area contributed by atoms with E-state index in [9.17, 15) is 0 Å². The Bertz CT molecular complexity index is 12.8. The molecule has 0 aliphatic carbocycles. The molecule has 25 valence electrons. The molecule has 3 heteroatoms. The zero-order valence-corrected chi connectivity index (χ0v) is 4.91. The maximum atomic E-state index is 8.07. The van der Waals surface area contributed by atoms with Crippen LogP contribution in [0, 0.1) is 0 Å². The van der Waals surface area contributed by atoms with E-state index in [2.05, 4.69) is 15.3 Å². The molecule has 0 aromatic heterocycles. The first-order valence-corrected chi connectivity index (χ1v) is 5.12. The highest BCUT2D eigenvalue weighted by atomic mass is 79.9. The summed E-state index contributed by atoms with van der Waals surface area (Å²) in [6, 6.07) is 0. The molecule has 0 rings (SSSR count). The first-order valence-electron chi connectivity index (χ1n) is 0.913. The van der Waals surface area contributed by atoms with Crippen LogP contribution in [0.1, 0.15) is 0 Å². The molecule has 4 heavy (non-hydrogen) atoms. The minimum absolute atomic E-state index is 1.07. The van der Waals surface area contributed by atoms with E-state index in [-0.39, 0.29) is 0 Å². The van der Waals surface area contributed by atoms with Crippen LogP contribution in [0.15, 0.2) is 0 Å². The van der Waals surface area contributed by atoms with Gasteiger partial charge >= 0.3 is 0 Å². The predicted molar refractivity (Wildman–Crippen MR) is 22.8 cm³/mol. The Balaban J connectivity index is 2.32. The van der Waals surface area contributed by atoms with Crippen molar-refractivity contribution in [1.82, 2.24) is 0 Å². The van der Waals surface area contributed by atoms with Crippen LogP contribution in [0.4, 0.5) is 0 Å². The molecule has 1 radical (unpaired) electrons. The van der Waals surface area contributed by atoms with Gasteiger partial charge in [-0.05, 0) is 6.55 Å². The molecule has 0 bridgehead atoms.